The molecular formula is C16H17Cl2NO2. The Morgan fingerprint density at radius 2 is 1.81 bits per heavy atom. The van der Waals surface area contributed by atoms with Gasteiger partial charge in [0.2, 0.25) is 0 Å². The van der Waals surface area contributed by atoms with E-state index in [1.165, 1.54) is 0 Å². The zero-order chi connectivity index (χ0) is 15.2. The van der Waals surface area contributed by atoms with Gasteiger partial charge >= 0.3 is 0 Å². The van der Waals surface area contributed by atoms with Gasteiger partial charge in [0.25, 0.3) is 0 Å². The molecule has 2 aromatic carbocycles. The first-order valence-electron chi connectivity index (χ1n) is 6.50. The summed E-state index contributed by atoms with van der Waals surface area (Å²) in [5, 5.41) is 4.64. The van der Waals surface area contributed by atoms with Crippen molar-refractivity contribution in [1.82, 2.24) is 5.32 Å². The molecule has 0 atom stereocenters. The van der Waals surface area contributed by atoms with Gasteiger partial charge in [-0.25, -0.2) is 0 Å². The quantitative estimate of drug-likeness (QED) is 0.858. The van der Waals surface area contributed by atoms with E-state index in [1.807, 2.05) is 36.4 Å². The number of methoxy groups -OCH3 is 2. The summed E-state index contributed by atoms with van der Waals surface area (Å²) < 4.78 is 10.5. The average Bonchev–Trinajstić information content (AvgIpc) is 2.48. The van der Waals surface area contributed by atoms with Crippen LogP contribution in [0.5, 0.6) is 11.5 Å². The molecule has 1 N–H and O–H groups in total. The minimum atomic E-state index is 0.557. The molecule has 0 bridgehead atoms. The summed E-state index contributed by atoms with van der Waals surface area (Å²) in [6.45, 7) is 1.34. The van der Waals surface area contributed by atoms with E-state index in [0.717, 1.165) is 16.1 Å². The number of halogens is 2. The summed E-state index contributed by atoms with van der Waals surface area (Å²) in [6, 6.07) is 11.5. The summed E-state index contributed by atoms with van der Waals surface area (Å²) in [5.41, 5.74) is 2.08. The zero-order valence-corrected chi connectivity index (χ0v) is 13.5. The van der Waals surface area contributed by atoms with Gasteiger partial charge < -0.3 is 14.8 Å². The van der Waals surface area contributed by atoms with Crippen molar-refractivity contribution in [2.24, 2.45) is 0 Å². The Morgan fingerprint density at radius 1 is 1.00 bits per heavy atom. The van der Waals surface area contributed by atoms with Gasteiger partial charge in [0, 0.05) is 18.1 Å². The van der Waals surface area contributed by atoms with E-state index in [9.17, 15) is 0 Å². The lowest BCUT2D eigenvalue weighted by Crippen LogP contribution is -2.13. The Bertz CT molecular complexity index is 617. The van der Waals surface area contributed by atoms with Crippen LogP contribution in [0.25, 0.3) is 0 Å². The predicted molar refractivity (Wildman–Crippen MR) is 86.6 cm³/mol. The highest BCUT2D eigenvalue weighted by Crippen LogP contribution is 2.37. The second-order valence-corrected chi connectivity index (χ2v) is 5.32. The number of hydrogen-bond donors (Lipinski definition) is 1. The van der Waals surface area contributed by atoms with E-state index >= 15 is 0 Å². The summed E-state index contributed by atoms with van der Waals surface area (Å²) >= 11 is 12.3. The second-order valence-electron chi connectivity index (χ2n) is 4.51. The molecule has 2 aromatic rings. The molecule has 0 saturated carbocycles. The van der Waals surface area contributed by atoms with Gasteiger partial charge in [0.1, 0.15) is 0 Å². The van der Waals surface area contributed by atoms with Crippen molar-refractivity contribution in [3.63, 3.8) is 0 Å². The van der Waals surface area contributed by atoms with Gasteiger partial charge in [0.15, 0.2) is 11.5 Å². The Labute approximate surface area is 134 Å². The SMILES string of the molecule is COc1ccc(CNCc2cccc(Cl)c2)c(Cl)c1OC. The van der Waals surface area contributed by atoms with Crippen LogP contribution in [0.2, 0.25) is 10.0 Å². The van der Waals surface area contributed by atoms with Gasteiger partial charge in [-0.2, -0.15) is 0 Å². The van der Waals surface area contributed by atoms with Crippen LogP contribution in [0.1, 0.15) is 11.1 Å². The maximum absolute atomic E-state index is 6.33. The third-order valence-electron chi connectivity index (χ3n) is 3.10. The average molecular weight is 326 g/mol. The summed E-state index contributed by atoms with van der Waals surface area (Å²) in [7, 11) is 3.16. The topological polar surface area (TPSA) is 30.5 Å². The lowest BCUT2D eigenvalue weighted by molar-refractivity contribution is 0.354. The molecule has 3 nitrogen and oxygen atoms in total. The Hall–Kier alpha value is -1.42. The van der Waals surface area contributed by atoms with E-state index in [-0.39, 0.29) is 0 Å². The molecule has 0 spiro atoms. The van der Waals surface area contributed by atoms with Crippen molar-refractivity contribution in [2.45, 2.75) is 13.1 Å². The van der Waals surface area contributed by atoms with Gasteiger partial charge in [0.05, 0.1) is 19.2 Å². The molecule has 0 saturated heterocycles. The molecule has 0 unspecified atom stereocenters. The summed E-state index contributed by atoms with van der Waals surface area (Å²) in [5.74, 6) is 1.18. The van der Waals surface area contributed by atoms with Crippen molar-refractivity contribution in [3.05, 3.63) is 57.6 Å². The van der Waals surface area contributed by atoms with Crippen molar-refractivity contribution in [2.75, 3.05) is 14.2 Å². The highest BCUT2D eigenvalue weighted by molar-refractivity contribution is 6.33. The minimum absolute atomic E-state index is 0.557. The highest BCUT2D eigenvalue weighted by atomic mass is 35.5. The number of benzene rings is 2. The first kappa shape index (κ1) is 16.0. The van der Waals surface area contributed by atoms with Crippen molar-refractivity contribution >= 4 is 23.2 Å². The molecule has 5 heteroatoms. The number of nitrogens with one attached hydrogen (secondary N) is 1. The van der Waals surface area contributed by atoms with Crippen LogP contribution >= 0.6 is 23.2 Å². The van der Waals surface area contributed by atoms with E-state index in [0.29, 0.717) is 29.6 Å². The Balaban J connectivity index is 2.03. The van der Waals surface area contributed by atoms with E-state index in [1.54, 1.807) is 14.2 Å². The van der Waals surface area contributed by atoms with E-state index in [2.05, 4.69) is 5.32 Å². The maximum atomic E-state index is 6.33. The first-order valence-corrected chi connectivity index (χ1v) is 7.25. The van der Waals surface area contributed by atoms with Gasteiger partial charge in [-0.3, -0.25) is 0 Å². The third kappa shape index (κ3) is 4.03. The van der Waals surface area contributed by atoms with E-state index in [4.69, 9.17) is 32.7 Å². The van der Waals surface area contributed by atoms with E-state index < -0.39 is 0 Å². The van der Waals surface area contributed by atoms with Gasteiger partial charge in [-0.05, 0) is 29.3 Å². The smallest absolute Gasteiger partial charge is 0.179 e. The summed E-state index contributed by atoms with van der Waals surface area (Å²) in [6.07, 6.45) is 0. The first-order chi connectivity index (χ1) is 10.2. The largest absolute Gasteiger partial charge is 0.493 e. The highest BCUT2D eigenvalue weighted by Gasteiger charge is 2.12. The fraction of sp³-hybridized carbons (Fsp3) is 0.250. The predicted octanol–water partition coefficient (Wildman–Crippen LogP) is 4.30. The number of ether oxygens (including phenoxy) is 2. The monoisotopic (exact) mass is 325 g/mol. The lowest BCUT2D eigenvalue weighted by Gasteiger charge is -2.13. The molecule has 0 heterocycles. The molecule has 0 aromatic heterocycles. The summed E-state index contributed by atoms with van der Waals surface area (Å²) in [4.78, 5) is 0. The minimum Gasteiger partial charge on any atom is -0.493 e. The number of rotatable bonds is 6. The molecule has 112 valence electrons. The van der Waals surface area contributed by atoms with Crippen LogP contribution in [-0.2, 0) is 13.1 Å². The molecule has 0 aliphatic carbocycles. The van der Waals surface area contributed by atoms with Crippen LogP contribution < -0.4 is 14.8 Å². The molecule has 0 amide bonds. The molecule has 0 aliphatic rings. The van der Waals surface area contributed by atoms with Crippen LogP contribution in [-0.4, -0.2) is 14.2 Å². The van der Waals surface area contributed by atoms with Gasteiger partial charge in [-0.1, -0.05) is 41.4 Å². The van der Waals surface area contributed by atoms with Gasteiger partial charge in [-0.15, -0.1) is 0 Å². The van der Waals surface area contributed by atoms with Crippen molar-refractivity contribution in [1.29, 1.82) is 0 Å². The van der Waals surface area contributed by atoms with Crippen LogP contribution in [0, 0.1) is 0 Å². The molecule has 0 aliphatic heterocycles. The fourth-order valence-corrected chi connectivity index (χ4v) is 2.57. The molecule has 0 fully saturated rings. The van der Waals surface area contributed by atoms with Crippen LogP contribution in [0.15, 0.2) is 36.4 Å². The molecular weight excluding hydrogens is 309 g/mol. The molecule has 21 heavy (non-hydrogen) atoms. The second kappa shape index (κ2) is 7.55. The molecule has 0 radical (unpaired) electrons. The van der Waals surface area contributed by atoms with Crippen molar-refractivity contribution in [3.8, 4) is 11.5 Å². The Morgan fingerprint density at radius 3 is 2.48 bits per heavy atom. The lowest BCUT2D eigenvalue weighted by atomic mass is 10.2. The van der Waals surface area contributed by atoms with Crippen LogP contribution in [0.4, 0.5) is 0 Å². The Kier molecular flexibility index (Phi) is 5.74. The maximum Gasteiger partial charge on any atom is 0.179 e. The van der Waals surface area contributed by atoms with Crippen LogP contribution in [0.3, 0.4) is 0 Å². The third-order valence-corrected chi connectivity index (χ3v) is 3.75. The van der Waals surface area contributed by atoms with Crippen molar-refractivity contribution < 1.29 is 9.47 Å². The standard InChI is InChI=1S/C16H17Cl2NO2/c1-20-14-7-6-12(15(18)16(14)21-2)10-19-9-11-4-3-5-13(17)8-11/h3-8,19H,9-10H2,1-2H3. The molecule has 2 rings (SSSR count). The normalized spacial score (nSPS) is 10.5. The zero-order valence-electron chi connectivity index (χ0n) is 12.0. The number of hydrogen-bond acceptors (Lipinski definition) is 3. The fourth-order valence-electron chi connectivity index (χ4n) is 2.06.